The number of carbonyl (C=O) groups excluding carboxylic acids is 2. The average molecular weight is 1080 g/mol. The topological polar surface area (TPSA) is 222 Å². The zero-order valence-corrected chi connectivity index (χ0v) is 43.4. The van der Waals surface area contributed by atoms with E-state index in [1.807, 2.05) is 182 Å². The number of nitrogens with two attached hydrogens (primary N) is 2. The van der Waals surface area contributed by atoms with Crippen molar-refractivity contribution in [2.24, 2.45) is 0 Å². The summed E-state index contributed by atoms with van der Waals surface area (Å²) in [6.45, 7) is 10.2. The summed E-state index contributed by atoms with van der Waals surface area (Å²) in [4.78, 5) is 53.0. The summed E-state index contributed by atoms with van der Waals surface area (Å²) < 4.78 is 0.964. The summed E-state index contributed by atoms with van der Waals surface area (Å²) >= 11 is 3.26. The van der Waals surface area contributed by atoms with E-state index in [-0.39, 0.29) is 43.5 Å². The predicted molar refractivity (Wildman–Crippen MR) is 310 cm³/mol. The molecule has 0 aliphatic rings. The lowest BCUT2D eigenvalue weighted by molar-refractivity contribution is -0.137. The summed E-state index contributed by atoms with van der Waals surface area (Å²) in [7, 11) is 0. The van der Waals surface area contributed by atoms with Crippen molar-refractivity contribution >= 4 is 117 Å². The van der Waals surface area contributed by atoms with Crippen molar-refractivity contribution < 1.29 is 39.3 Å². The van der Waals surface area contributed by atoms with Crippen LogP contribution in [0, 0.1) is 0 Å². The van der Waals surface area contributed by atoms with Gasteiger partial charge in [0.1, 0.15) is 0 Å². The van der Waals surface area contributed by atoms with E-state index in [9.17, 15) is 24.0 Å². The Hall–Kier alpha value is -8.78. The molecule has 0 saturated heterocycles. The molecule has 74 heavy (non-hydrogen) atoms. The minimum atomic E-state index is -0.831. The molecule has 0 aliphatic carbocycles. The molecule has 2 amide bonds. The third-order valence-corrected chi connectivity index (χ3v) is 10.2. The monoisotopic (exact) mass is 1080 g/mol. The standard InChI is InChI=1S/C18H17NO3.C16H15NO2.C10H11NO.C8H7BrO2.C8H9N.ClH/c1-13(20)19-17-10-8-15(9-11-17)3-2-14-4-6-16(7-5-14)12-18(21)22;17-15-9-7-13(8-10-15)2-1-12-3-5-14(6-4-12)11-16(18)19;1-3-9-4-6-10(7-5-9)11-8(2)12;9-7-3-1-6(2-4-7)5-8(10)11;1-2-7-3-5-8(9)6-4-7;/h2-11H,12H2,1H3,(H,19,20)(H,21,22);1-10H,11,17H2,(H,18,19);3-7H,1H2,2H3,(H,11,12);1-4H,5H2,(H,10,11);2-6H,1,9H2;1H/b3-2+;2-1+;;;;. The quantitative estimate of drug-likeness (QED) is 0.0403. The molecule has 0 fully saturated rings. The largest absolute Gasteiger partial charge is 0.481 e. The van der Waals surface area contributed by atoms with Crippen LogP contribution in [0.1, 0.15) is 63.9 Å². The van der Waals surface area contributed by atoms with Gasteiger partial charge in [0.05, 0.1) is 19.3 Å². The highest BCUT2D eigenvalue weighted by Gasteiger charge is 2.02. The van der Waals surface area contributed by atoms with Crippen LogP contribution in [-0.4, -0.2) is 45.0 Å². The lowest BCUT2D eigenvalue weighted by Crippen LogP contribution is -2.05. The second kappa shape index (κ2) is 33.7. The number of nitrogens with one attached hydrogen (secondary N) is 2. The van der Waals surface area contributed by atoms with Crippen molar-refractivity contribution in [3.8, 4) is 0 Å². The van der Waals surface area contributed by atoms with Crippen LogP contribution in [0.15, 0.2) is 187 Å². The number of benzene rings is 7. The van der Waals surface area contributed by atoms with Gasteiger partial charge in [-0.1, -0.05) is 175 Å². The van der Waals surface area contributed by atoms with Crippen LogP contribution < -0.4 is 22.1 Å². The molecule has 9 N–H and O–H groups in total. The van der Waals surface area contributed by atoms with Gasteiger partial charge in [0.25, 0.3) is 0 Å². The van der Waals surface area contributed by atoms with Crippen molar-refractivity contribution in [2.75, 3.05) is 22.1 Å². The van der Waals surface area contributed by atoms with Gasteiger partial charge in [-0.2, -0.15) is 0 Å². The Labute approximate surface area is 447 Å². The van der Waals surface area contributed by atoms with Crippen molar-refractivity contribution in [3.05, 3.63) is 238 Å². The number of carboxylic acid groups (broad SMARTS) is 3. The summed E-state index contributed by atoms with van der Waals surface area (Å²) in [6, 6.07) is 52.3. The van der Waals surface area contributed by atoms with Gasteiger partial charge in [0.2, 0.25) is 11.8 Å². The molecule has 7 aromatic carbocycles. The molecule has 0 heterocycles. The van der Waals surface area contributed by atoms with E-state index in [0.29, 0.717) is 0 Å². The molecule has 7 aromatic rings. The van der Waals surface area contributed by atoms with E-state index >= 15 is 0 Å². The SMILES string of the molecule is C=Cc1ccc(N)cc1.C=Cc1ccc(NC(C)=O)cc1.CC(=O)Nc1ccc(/C=C/c2ccc(CC(=O)O)cc2)cc1.Cl.Nc1ccc(/C=C/c2ccc(CC(=O)O)cc2)cc1.O=C(O)Cc1ccc(Br)cc1. The summed E-state index contributed by atoms with van der Waals surface area (Å²) in [6.07, 6.45) is 11.6. The molecule has 0 aromatic heterocycles. The van der Waals surface area contributed by atoms with Gasteiger partial charge < -0.3 is 37.4 Å². The number of nitrogen functional groups attached to an aromatic ring is 2. The molecule has 0 saturated carbocycles. The number of anilines is 4. The van der Waals surface area contributed by atoms with Crippen LogP contribution in [0.4, 0.5) is 22.7 Å². The fourth-order valence-electron chi connectivity index (χ4n) is 6.03. The second-order valence-electron chi connectivity index (χ2n) is 15.8. The first-order valence-electron chi connectivity index (χ1n) is 22.5. The maximum absolute atomic E-state index is 10.9. The molecule has 0 radical (unpaired) electrons. The van der Waals surface area contributed by atoms with Crippen molar-refractivity contribution in [1.29, 1.82) is 0 Å². The third kappa shape index (κ3) is 27.0. The lowest BCUT2D eigenvalue weighted by atomic mass is 10.1. The van der Waals surface area contributed by atoms with Gasteiger partial charge in [-0.05, 0) is 111 Å². The first-order chi connectivity index (χ1) is 34.9. The van der Waals surface area contributed by atoms with E-state index in [4.69, 9.17) is 26.8 Å². The van der Waals surface area contributed by atoms with Crippen LogP contribution in [-0.2, 0) is 43.2 Å². The molecular weight excluding hydrogens is 1020 g/mol. The molecule has 14 heteroatoms. The fraction of sp³-hybridized carbons (Fsp3) is 0.0833. The molecule has 0 atom stereocenters. The Morgan fingerprint density at radius 1 is 0.419 bits per heavy atom. The van der Waals surface area contributed by atoms with Crippen LogP contribution in [0.3, 0.4) is 0 Å². The molecule has 0 aliphatic heterocycles. The normalized spacial score (nSPS) is 9.88. The number of aliphatic carboxylic acids is 3. The fourth-order valence-corrected chi connectivity index (χ4v) is 6.29. The molecule has 12 nitrogen and oxygen atoms in total. The first kappa shape index (κ1) is 61.3. The first-order valence-corrected chi connectivity index (χ1v) is 23.3. The summed E-state index contributed by atoms with van der Waals surface area (Å²) in [5.41, 5.74) is 22.9. The molecule has 0 spiro atoms. The van der Waals surface area contributed by atoms with Crippen molar-refractivity contribution in [2.45, 2.75) is 33.1 Å². The maximum atomic E-state index is 10.9. The zero-order valence-electron chi connectivity index (χ0n) is 41.0. The Balaban J connectivity index is 0.000000328. The number of halogens is 2. The van der Waals surface area contributed by atoms with Gasteiger partial charge in [-0.3, -0.25) is 24.0 Å². The van der Waals surface area contributed by atoms with Crippen molar-refractivity contribution in [1.82, 2.24) is 0 Å². The van der Waals surface area contributed by atoms with Crippen LogP contribution >= 0.6 is 28.3 Å². The summed E-state index contributed by atoms with van der Waals surface area (Å²) in [5.74, 6) is -2.59. The number of carboxylic acids is 3. The number of rotatable bonds is 14. The van der Waals surface area contributed by atoms with E-state index in [1.54, 1.807) is 24.3 Å². The average Bonchev–Trinajstić information content (AvgIpc) is 3.36. The van der Waals surface area contributed by atoms with Crippen LogP contribution in [0.25, 0.3) is 36.5 Å². The van der Waals surface area contributed by atoms with Gasteiger partial charge >= 0.3 is 17.9 Å². The van der Waals surface area contributed by atoms with E-state index in [0.717, 1.165) is 77.3 Å². The van der Waals surface area contributed by atoms with Gasteiger partial charge in [0.15, 0.2) is 0 Å². The highest BCUT2D eigenvalue weighted by Crippen LogP contribution is 2.16. The van der Waals surface area contributed by atoms with Gasteiger partial charge in [0, 0.05) is 41.1 Å². The second-order valence-corrected chi connectivity index (χ2v) is 16.8. The molecule has 382 valence electrons. The smallest absolute Gasteiger partial charge is 0.307 e. The highest BCUT2D eigenvalue weighted by atomic mass is 79.9. The van der Waals surface area contributed by atoms with E-state index in [2.05, 4.69) is 39.7 Å². The number of hydrogen-bond donors (Lipinski definition) is 7. The summed E-state index contributed by atoms with van der Waals surface area (Å²) in [5, 5.41) is 31.2. The highest BCUT2D eigenvalue weighted by molar-refractivity contribution is 9.10. The number of amides is 2. The Kier molecular flexibility index (Phi) is 28.0. The molecular formula is C60H60BrClN4O8. The van der Waals surface area contributed by atoms with Gasteiger partial charge in [-0.15, -0.1) is 12.4 Å². The van der Waals surface area contributed by atoms with Crippen LogP contribution in [0.2, 0.25) is 0 Å². The van der Waals surface area contributed by atoms with E-state index < -0.39 is 17.9 Å². The number of hydrogen-bond acceptors (Lipinski definition) is 7. The molecule has 0 bridgehead atoms. The minimum Gasteiger partial charge on any atom is -0.481 e. The van der Waals surface area contributed by atoms with Crippen molar-refractivity contribution in [3.63, 3.8) is 0 Å². The Bertz CT molecular complexity index is 2860. The number of carbonyl (C=O) groups is 5. The molecule has 7 rings (SSSR count). The Morgan fingerprint density at radius 2 is 0.649 bits per heavy atom. The van der Waals surface area contributed by atoms with Crippen LogP contribution in [0.5, 0.6) is 0 Å². The maximum Gasteiger partial charge on any atom is 0.307 e. The minimum absolute atomic E-state index is 0. The third-order valence-electron chi connectivity index (χ3n) is 9.68. The predicted octanol–water partition coefficient (Wildman–Crippen LogP) is 13.2. The zero-order chi connectivity index (χ0) is 53.5. The Morgan fingerprint density at radius 3 is 0.905 bits per heavy atom. The van der Waals surface area contributed by atoms with Gasteiger partial charge in [-0.25, -0.2) is 0 Å². The molecule has 0 unspecified atom stereocenters. The lowest BCUT2D eigenvalue weighted by Gasteiger charge is -2.02. The van der Waals surface area contributed by atoms with E-state index in [1.165, 1.54) is 13.8 Å².